The van der Waals surface area contributed by atoms with E-state index in [4.69, 9.17) is 0 Å². The van der Waals surface area contributed by atoms with Gasteiger partial charge in [-0.05, 0) is 36.8 Å². The maximum Gasteiger partial charge on any atom is 0.295 e. The molecule has 0 aliphatic rings. The summed E-state index contributed by atoms with van der Waals surface area (Å²) in [7, 11) is 0. The summed E-state index contributed by atoms with van der Waals surface area (Å²) in [6.45, 7) is 4.58. The minimum absolute atomic E-state index is 0.226. The molecule has 0 spiro atoms. The number of nitrogens with zero attached hydrogens (tertiary/aromatic N) is 2. The molecule has 0 fully saturated rings. The lowest BCUT2D eigenvalue weighted by Gasteiger charge is -2.16. The van der Waals surface area contributed by atoms with Crippen molar-refractivity contribution in [3.63, 3.8) is 0 Å². The van der Waals surface area contributed by atoms with E-state index in [2.05, 4.69) is 21.5 Å². The zero-order valence-electron chi connectivity index (χ0n) is 12.3. The van der Waals surface area contributed by atoms with E-state index in [1.807, 2.05) is 0 Å². The van der Waals surface area contributed by atoms with Gasteiger partial charge in [0.25, 0.3) is 11.5 Å². The highest BCUT2D eigenvalue weighted by Crippen LogP contribution is 2.34. The van der Waals surface area contributed by atoms with Crippen LogP contribution in [0.4, 0.5) is 8.78 Å². The highest BCUT2D eigenvalue weighted by Gasteiger charge is 2.32. The quantitative estimate of drug-likeness (QED) is 0.751. The number of halogens is 2. The molecule has 0 unspecified atom stereocenters. The number of fused-ring (bicyclic) bond motifs is 1. The molecule has 3 heterocycles. The van der Waals surface area contributed by atoms with E-state index in [0.29, 0.717) is 22.2 Å². The van der Waals surface area contributed by atoms with Crippen molar-refractivity contribution < 1.29 is 8.78 Å². The van der Waals surface area contributed by atoms with Gasteiger partial charge >= 0.3 is 0 Å². The van der Waals surface area contributed by atoms with E-state index in [1.165, 1.54) is 25.3 Å². The van der Waals surface area contributed by atoms with Gasteiger partial charge in [-0.1, -0.05) is 6.58 Å². The Morgan fingerprint density at radius 1 is 1.26 bits per heavy atom. The van der Waals surface area contributed by atoms with Crippen LogP contribution in [0.3, 0.4) is 0 Å². The third-order valence-electron chi connectivity index (χ3n) is 3.59. The molecular formula is C17H13F2N3O. The topological polar surface area (TPSA) is 58.6 Å². The third-order valence-corrected chi connectivity index (χ3v) is 3.59. The average Bonchev–Trinajstić information content (AvgIpc) is 2.55. The number of aromatic nitrogens is 3. The Morgan fingerprint density at radius 2 is 2.04 bits per heavy atom. The second kappa shape index (κ2) is 5.39. The minimum Gasteiger partial charge on any atom is -0.328 e. The van der Waals surface area contributed by atoms with E-state index < -0.39 is 5.92 Å². The van der Waals surface area contributed by atoms with Crippen LogP contribution in [-0.2, 0) is 5.92 Å². The first-order valence-corrected chi connectivity index (χ1v) is 6.88. The van der Waals surface area contributed by atoms with E-state index >= 15 is 0 Å². The van der Waals surface area contributed by atoms with Crippen LogP contribution in [0.2, 0.25) is 0 Å². The molecule has 0 radical (unpaired) electrons. The van der Waals surface area contributed by atoms with E-state index in [1.54, 1.807) is 18.3 Å². The fourth-order valence-corrected chi connectivity index (χ4v) is 2.27. The van der Waals surface area contributed by atoms with Crippen LogP contribution in [0.15, 0.2) is 59.8 Å². The average molecular weight is 313 g/mol. The van der Waals surface area contributed by atoms with Crippen LogP contribution in [0.5, 0.6) is 0 Å². The van der Waals surface area contributed by atoms with Gasteiger partial charge in [0.1, 0.15) is 0 Å². The van der Waals surface area contributed by atoms with E-state index in [0.717, 1.165) is 6.20 Å². The summed E-state index contributed by atoms with van der Waals surface area (Å²) in [5.74, 6) is -3.13. The maximum atomic E-state index is 13.9. The predicted molar refractivity (Wildman–Crippen MR) is 84.3 cm³/mol. The Labute approximate surface area is 130 Å². The van der Waals surface area contributed by atoms with Crippen molar-refractivity contribution in [2.45, 2.75) is 12.8 Å². The number of rotatable bonds is 3. The highest BCUT2D eigenvalue weighted by atomic mass is 19.3. The summed E-state index contributed by atoms with van der Waals surface area (Å²) in [5.41, 5.74) is 0.765. The van der Waals surface area contributed by atoms with E-state index in [9.17, 15) is 13.6 Å². The monoisotopic (exact) mass is 313 g/mol. The van der Waals surface area contributed by atoms with Crippen molar-refractivity contribution in [2.75, 3.05) is 0 Å². The van der Waals surface area contributed by atoms with Crippen LogP contribution in [-0.4, -0.2) is 15.0 Å². The van der Waals surface area contributed by atoms with Gasteiger partial charge in [-0.25, -0.2) is 0 Å². The Morgan fingerprint density at radius 3 is 2.70 bits per heavy atom. The van der Waals surface area contributed by atoms with Crippen molar-refractivity contribution in [1.29, 1.82) is 0 Å². The van der Waals surface area contributed by atoms with Crippen LogP contribution in [0.25, 0.3) is 22.2 Å². The number of hydrogen-bond acceptors (Lipinski definition) is 3. The van der Waals surface area contributed by atoms with Gasteiger partial charge in [-0.15, -0.1) is 0 Å². The molecule has 0 amide bonds. The lowest BCUT2D eigenvalue weighted by molar-refractivity contribution is 0.0382. The lowest BCUT2D eigenvalue weighted by atomic mass is 10.0. The molecular weight excluding hydrogens is 300 g/mol. The minimum atomic E-state index is -3.13. The van der Waals surface area contributed by atoms with Crippen molar-refractivity contribution in [1.82, 2.24) is 15.0 Å². The number of allylic oxidation sites excluding steroid dienone is 1. The van der Waals surface area contributed by atoms with Gasteiger partial charge in [0.2, 0.25) is 0 Å². The molecule has 0 saturated carbocycles. The molecule has 3 rings (SSSR count). The summed E-state index contributed by atoms with van der Waals surface area (Å²) in [5, 5.41) is 0.420. The van der Waals surface area contributed by atoms with Crippen LogP contribution in [0.1, 0.15) is 12.5 Å². The predicted octanol–water partition coefficient (Wildman–Crippen LogP) is 3.65. The van der Waals surface area contributed by atoms with Crippen LogP contribution in [0, 0.1) is 0 Å². The first-order chi connectivity index (χ1) is 10.9. The number of hydrogen-bond donors (Lipinski definition) is 1. The van der Waals surface area contributed by atoms with Crippen LogP contribution >= 0.6 is 0 Å². The van der Waals surface area contributed by atoms with Crippen molar-refractivity contribution >= 4 is 10.9 Å². The van der Waals surface area contributed by atoms with Gasteiger partial charge in [0.15, 0.2) is 0 Å². The first-order valence-electron chi connectivity index (χ1n) is 6.88. The van der Waals surface area contributed by atoms with Gasteiger partial charge in [-0.2, -0.15) is 8.78 Å². The SMILES string of the molecule is C=C(C)C(F)(F)c1ccc(-c2c[nH]c(=O)c3cccnc23)nc1. The molecule has 3 aromatic heterocycles. The highest BCUT2D eigenvalue weighted by molar-refractivity contribution is 5.91. The normalized spacial score (nSPS) is 11.6. The lowest BCUT2D eigenvalue weighted by Crippen LogP contribution is -2.14. The zero-order chi connectivity index (χ0) is 16.6. The van der Waals surface area contributed by atoms with Crippen molar-refractivity contribution in [3.8, 4) is 11.3 Å². The van der Waals surface area contributed by atoms with Crippen LogP contribution < -0.4 is 5.56 Å². The first kappa shape index (κ1) is 15.0. The number of pyridine rings is 3. The smallest absolute Gasteiger partial charge is 0.295 e. The second-order valence-corrected chi connectivity index (χ2v) is 5.22. The van der Waals surface area contributed by atoms with Gasteiger partial charge in [0, 0.05) is 29.7 Å². The molecule has 23 heavy (non-hydrogen) atoms. The summed E-state index contributed by atoms with van der Waals surface area (Å²) in [6, 6.07) is 6.09. The molecule has 0 aromatic carbocycles. The number of alkyl halides is 2. The Hall–Kier alpha value is -2.89. The number of aromatic amines is 1. The third kappa shape index (κ3) is 2.52. The largest absolute Gasteiger partial charge is 0.328 e. The zero-order valence-corrected chi connectivity index (χ0v) is 12.3. The number of nitrogens with one attached hydrogen (secondary N) is 1. The standard InChI is InChI=1S/C17H13F2N3O/c1-10(2)17(18,19)11-5-6-14(21-8-11)13-9-22-16(23)12-4-3-7-20-15(12)13/h3-9H,1H2,2H3,(H,22,23). The van der Waals surface area contributed by atoms with Gasteiger partial charge in [-0.3, -0.25) is 14.8 Å². The van der Waals surface area contributed by atoms with Crippen molar-refractivity contribution in [3.05, 3.63) is 70.9 Å². The Bertz CT molecular complexity index is 946. The Kier molecular flexibility index (Phi) is 3.52. The molecule has 116 valence electrons. The molecule has 3 aromatic rings. The van der Waals surface area contributed by atoms with Gasteiger partial charge in [0.05, 0.1) is 16.6 Å². The molecule has 0 aliphatic heterocycles. The number of H-pyrrole nitrogens is 1. The molecule has 0 aliphatic carbocycles. The van der Waals surface area contributed by atoms with Crippen molar-refractivity contribution in [2.24, 2.45) is 0 Å². The van der Waals surface area contributed by atoms with E-state index in [-0.39, 0.29) is 16.7 Å². The van der Waals surface area contributed by atoms with Gasteiger partial charge < -0.3 is 4.98 Å². The summed E-state index contributed by atoms with van der Waals surface area (Å²) in [4.78, 5) is 22.7. The molecule has 0 saturated heterocycles. The summed E-state index contributed by atoms with van der Waals surface area (Å²) >= 11 is 0. The molecule has 0 atom stereocenters. The molecule has 6 heteroatoms. The second-order valence-electron chi connectivity index (χ2n) is 5.22. The fourth-order valence-electron chi connectivity index (χ4n) is 2.27. The summed E-state index contributed by atoms with van der Waals surface area (Å²) in [6.07, 6.45) is 4.16. The molecule has 1 N–H and O–H groups in total. The maximum absolute atomic E-state index is 13.9. The Balaban J connectivity index is 2.13. The molecule has 4 nitrogen and oxygen atoms in total. The molecule has 0 bridgehead atoms. The summed E-state index contributed by atoms with van der Waals surface area (Å²) < 4.78 is 27.8. The fraction of sp³-hybridized carbons (Fsp3) is 0.118.